The van der Waals surface area contributed by atoms with Crippen molar-refractivity contribution in [2.24, 2.45) is 4.99 Å². The Morgan fingerprint density at radius 1 is 1.03 bits per heavy atom. The number of guanidine groups is 1. The smallest absolute Gasteiger partial charge is 0.240 e. The molecule has 0 bridgehead atoms. The summed E-state index contributed by atoms with van der Waals surface area (Å²) in [6.45, 7) is 7.52. The molecule has 9 heteroatoms. The van der Waals surface area contributed by atoms with Crippen LogP contribution in [0, 0.1) is 6.92 Å². The maximum Gasteiger partial charge on any atom is 0.240 e. The van der Waals surface area contributed by atoms with Crippen molar-refractivity contribution in [2.75, 3.05) is 33.3 Å². The molecule has 1 unspecified atom stereocenters. The van der Waals surface area contributed by atoms with Crippen LogP contribution in [0.5, 0.6) is 11.5 Å². The van der Waals surface area contributed by atoms with E-state index in [1.807, 2.05) is 45.0 Å². The van der Waals surface area contributed by atoms with Crippen LogP contribution in [-0.4, -0.2) is 53.8 Å². The standard InChI is InChI=1S/C22H32N4O4S/c1-5-23-22(25-16-18(3)30-21-9-7-6-8-20(21)29-4)24-14-15-26-31(27,28)19-12-10-17(2)11-13-19/h6-13,18,26H,5,14-16H2,1-4H3,(H2,23,24,25). The number of para-hydroxylation sites is 2. The molecule has 0 aliphatic carbocycles. The van der Waals surface area contributed by atoms with E-state index in [1.165, 1.54) is 0 Å². The molecule has 0 amide bonds. The Kier molecular flexibility index (Phi) is 9.61. The zero-order chi connectivity index (χ0) is 22.7. The third kappa shape index (κ3) is 8.10. The largest absolute Gasteiger partial charge is 0.493 e. The molecule has 3 N–H and O–H groups in total. The zero-order valence-corrected chi connectivity index (χ0v) is 19.3. The summed E-state index contributed by atoms with van der Waals surface area (Å²) in [7, 11) is -1.93. The van der Waals surface area contributed by atoms with E-state index in [1.54, 1.807) is 31.4 Å². The molecule has 0 radical (unpaired) electrons. The number of ether oxygens (including phenoxy) is 2. The van der Waals surface area contributed by atoms with Crippen LogP contribution in [0.1, 0.15) is 19.4 Å². The number of methoxy groups -OCH3 is 1. The van der Waals surface area contributed by atoms with Gasteiger partial charge < -0.3 is 20.1 Å². The van der Waals surface area contributed by atoms with Crippen molar-refractivity contribution in [1.29, 1.82) is 0 Å². The lowest BCUT2D eigenvalue weighted by molar-refractivity contribution is 0.219. The van der Waals surface area contributed by atoms with E-state index >= 15 is 0 Å². The maximum atomic E-state index is 12.3. The minimum Gasteiger partial charge on any atom is -0.493 e. The summed E-state index contributed by atoms with van der Waals surface area (Å²) < 4.78 is 38.5. The summed E-state index contributed by atoms with van der Waals surface area (Å²) in [5.41, 5.74) is 1.01. The number of hydrogen-bond donors (Lipinski definition) is 3. The molecular weight excluding hydrogens is 416 g/mol. The highest BCUT2D eigenvalue weighted by atomic mass is 32.2. The van der Waals surface area contributed by atoms with E-state index in [0.29, 0.717) is 37.1 Å². The third-order valence-corrected chi connectivity index (χ3v) is 5.77. The monoisotopic (exact) mass is 448 g/mol. The van der Waals surface area contributed by atoms with Gasteiger partial charge in [-0.05, 0) is 45.0 Å². The van der Waals surface area contributed by atoms with Crippen LogP contribution in [0.15, 0.2) is 58.4 Å². The van der Waals surface area contributed by atoms with E-state index < -0.39 is 10.0 Å². The molecule has 0 heterocycles. The molecule has 0 saturated carbocycles. The first-order valence-electron chi connectivity index (χ1n) is 10.2. The lowest BCUT2D eigenvalue weighted by Gasteiger charge is -2.17. The molecule has 8 nitrogen and oxygen atoms in total. The van der Waals surface area contributed by atoms with Crippen molar-refractivity contribution < 1.29 is 17.9 Å². The van der Waals surface area contributed by atoms with Gasteiger partial charge in [-0.2, -0.15) is 0 Å². The second kappa shape index (κ2) is 12.2. The van der Waals surface area contributed by atoms with Crippen molar-refractivity contribution in [1.82, 2.24) is 15.4 Å². The summed E-state index contributed by atoms with van der Waals surface area (Å²) >= 11 is 0. The van der Waals surface area contributed by atoms with Crippen LogP contribution in [0.4, 0.5) is 0 Å². The van der Waals surface area contributed by atoms with E-state index in [2.05, 4.69) is 20.3 Å². The Labute approximate surface area is 185 Å². The molecule has 2 rings (SSSR count). The van der Waals surface area contributed by atoms with Crippen LogP contribution in [0.2, 0.25) is 0 Å². The number of benzene rings is 2. The Bertz CT molecular complexity index is 946. The molecule has 170 valence electrons. The molecular formula is C22H32N4O4S. The normalized spacial score (nSPS) is 12.8. The first-order valence-corrected chi connectivity index (χ1v) is 11.7. The maximum absolute atomic E-state index is 12.3. The minimum atomic E-state index is -3.54. The molecule has 2 aromatic rings. The van der Waals surface area contributed by atoms with Crippen LogP contribution in [0.25, 0.3) is 0 Å². The molecule has 0 spiro atoms. The number of sulfonamides is 1. The highest BCUT2D eigenvalue weighted by Crippen LogP contribution is 2.26. The Hall–Kier alpha value is -2.78. The molecule has 0 aliphatic heterocycles. The Morgan fingerprint density at radius 2 is 1.71 bits per heavy atom. The average Bonchev–Trinajstić information content (AvgIpc) is 2.75. The Balaban J connectivity index is 1.84. The molecule has 0 fully saturated rings. The van der Waals surface area contributed by atoms with Crippen molar-refractivity contribution in [2.45, 2.75) is 31.8 Å². The predicted molar refractivity (Wildman–Crippen MR) is 123 cm³/mol. The predicted octanol–water partition coefficient (Wildman–Crippen LogP) is 2.30. The fourth-order valence-electron chi connectivity index (χ4n) is 2.70. The van der Waals surface area contributed by atoms with Gasteiger partial charge in [0.05, 0.1) is 18.6 Å². The minimum absolute atomic E-state index is 0.174. The molecule has 2 aromatic carbocycles. The van der Waals surface area contributed by atoms with Crippen molar-refractivity contribution >= 4 is 16.0 Å². The van der Waals surface area contributed by atoms with E-state index in [0.717, 1.165) is 5.56 Å². The lowest BCUT2D eigenvalue weighted by Crippen LogP contribution is -2.42. The number of aryl methyl sites for hydroxylation is 1. The number of aliphatic imine (C=N–C) groups is 1. The summed E-state index contributed by atoms with van der Waals surface area (Å²) in [6.07, 6.45) is -0.174. The van der Waals surface area contributed by atoms with Gasteiger partial charge in [-0.1, -0.05) is 29.8 Å². The topological polar surface area (TPSA) is 101 Å². The highest BCUT2D eigenvalue weighted by Gasteiger charge is 2.13. The molecule has 1 atom stereocenters. The number of nitrogens with zero attached hydrogens (tertiary/aromatic N) is 1. The summed E-state index contributed by atoms with van der Waals surface area (Å²) in [6, 6.07) is 14.2. The van der Waals surface area contributed by atoms with Gasteiger partial charge in [-0.25, -0.2) is 18.1 Å². The third-order valence-electron chi connectivity index (χ3n) is 4.29. The molecule has 0 saturated heterocycles. The quantitative estimate of drug-likeness (QED) is 0.277. The number of hydrogen-bond acceptors (Lipinski definition) is 5. The van der Waals surface area contributed by atoms with Gasteiger partial charge in [-0.3, -0.25) is 0 Å². The van der Waals surface area contributed by atoms with Gasteiger partial charge in [0.25, 0.3) is 0 Å². The van der Waals surface area contributed by atoms with Crippen LogP contribution in [-0.2, 0) is 10.0 Å². The van der Waals surface area contributed by atoms with Crippen molar-refractivity contribution in [3.63, 3.8) is 0 Å². The van der Waals surface area contributed by atoms with E-state index in [4.69, 9.17) is 9.47 Å². The fourth-order valence-corrected chi connectivity index (χ4v) is 3.73. The van der Waals surface area contributed by atoms with E-state index in [9.17, 15) is 8.42 Å². The van der Waals surface area contributed by atoms with Gasteiger partial charge >= 0.3 is 0 Å². The van der Waals surface area contributed by atoms with Crippen LogP contribution in [0.3, 0.4) is 0 Å². The number of nitrogens with one attached hydrogen (secondary N) is 3. The first-order chi connectivity index (χ1) is 14.9. The lowest BCUT2D eigenvalue weighted by atomic mass is 10.2. The van der Waals surface area contributed by atoms with Gasteiger partial charge in [0.1, 0.15) is 6.10 Å². The molecule has 0 aliphatic rings. The SMILES string of the molecule is CCNC(=NCC(C)Oc1ccccc1OC)NCCNS(=O)(=O)c1ccc(C)cc1. The van der Waals surface area contributed by atoms with Gasteiger partial charge in [-0.15, -0.1) is 0 Å². The summed E-state index contributed by atoms with van der Waals surface area (Å²) in [4.78, 5) is 4.77. The number of rotatable bonds is 11. The van der Waals surface area contributed by atoms with E-state index in [-0.39, 0.29) is 17.5 Å². The highest BCUT2D eigenvalue weighted by molar-refractivity contribution is 7.89. The summed E-state index contributed by atoms with van der Waals surface area (Å²) in [5, 5.41) is 6.27. The van der Waals surface area contributed by atoms with Gasteiger partial charge in [0.2, 0.25) is 10.0 Å². The van der Waals surface area contributed by atoms with Crippen molar-refractivity contribution in [3.05, 3.63) is 54.1 Å². The molecule has 0 aromatic heterocycles. The van der Waals surface area contributed by atoms with Gasteiger partial charge in [0, 0.05) is 19.6 Å². The van der Waals surface area contributed by atoms with Crippen LogP contribution >= 0.6 is 0 Å². The summed E-state index contributed by atoms with van der Waals surface area (Å²) in [5.74, 6) is 1.92. The molecule has 31 heavy (non-hydrogen) atoms. The van der Waals surface area contributed by atoms with Crippen LogP contribution < -0.4 is 24.8 Å². The zero-order valence-electron chi connectivity index (χ0n) is 18.5. The average molecular weight is 449 g/mol. The first kappa shape index (κ1) is 24.5. The fraction of sp³-hybridized carbons (Fsp3) is 0.409. The second-order valence-electron chi connectivity index (χ2n) is 6.94. The second-order valence-corrected chi connectivity index (χ2v) is 8.70. The Morgan fingerprint density at radius 3 is 2.35 bits per heavy atom. The van der Waals surface area contributed by atoms with Gasteiger partial charge in [0.15, 0.2) is 17.5 Å². The van der Waals surface area contributed by atoms with Crippen molar-refractivity contribution in [3.8, 4) is 11.5 Å².